The van der Waals surface area contributed by atoms with E-state index < -0.39 is 0 Å². The van der Waals surface area contributed by atoms with Crippen molar-refractivity contribution in [2.45, 2.75) is 39.2 Å². The molecule has 0 aliphatic heterocycles. The second-order valence-electron chi connectivity index (χ2n) is 5.61. The molecule has 3 nitrogen and oxygen atoms in total. The van der Waals surface area contributed by atoms with Crippen LogP contribution in [0, 0.1) is 0 Å². The summed E-state index contributed by atoms with van der Waals surface area (Å²) in [5.41, 5.74) is 2.37. The summed E-state index contributed by atoms with van der Waals surface area (Å²) in [7, 11) is 0. The molecule has 3 heteroatoms. The Labute approximate surface area is 138 Å². The molecule has 2 aromatic rings. The summed E-state index contributed by atoms with van der Waals surface area (Å²) in [6, 6.07) is 18.2. The van der Waals surface area contributed by atoms with Gasteiger partial charge in [0.2, 0.25) is 5.91 Å². The molecule has 0 fully saturated rings. The van der Waals surface area contributed by atoms with Gasteiger partial charge in [0.1, 0.15) is 5.75 Å². The van der Waals surface area contributed by atoms with Crippen molar-refractivity contribution < 1.29 is 9.53 Å². The maximum Gasteiger partial charge on any atom is 0.220 e. The Morgan fingerprint density at radius 3 is 2.43 bits per heavy atom. The first-order valence-corrected chi connectivity index (χ1v) is 8.30. The van der Waals surface area contributed by atoms with Crippen molar-refractivity contribution in [1.29, 1.82) is 0 Å². The Kier molecular flexibility index (Phi) is 7.18. The van der Waals surface area contributed by atoms with Gasteiger partial charge < -0.3 is 10.1 Å². The van der Waals surface area contributed by atoms with Crippen molar-refractivity contribution in [3.8, 4) is 5.75 Å². The topological polar surface area (TPSA) is 38.3 Å². The summed E-state index contributed by atoms with van der Waals surface area (Å²) < 4.78 is 5.54. The molecule has 1 amide bonds. The summed E-state index contributed by atoms with van der Waals surface area (Å²) in [4.78, 5) is 11.9. The van der Waals surface area contributed by atoms with E-state index in [2.05, 4.69) is 24.4 Å². The summed E-state index contributed by atoms with van der Waals surface area (Å²) in [5.74, 6) is 0.983. The van der Waals surface area contributed by atoms with Gasteiger partial charge in [0.05, 0.1) is 6.61 Å². The average Bonchev–Trinajstić information content (AvgIpc) is 2.60. The molecule has 23 heavy (non-hydrogen) atoms. The largest absolute Gasteiger partial charge is 0.494 e. The van der Waals surface area contributed by atoms with Gasteiger partial charge in [0, 0.05) is 13.0 Å². The third kappa shape index (κ3) is 6.55. The van der Waals surface area contributed by atoms with E-state index in [1.165, 1.54) is 5.56 Å². The zero-order chi connectivity index (χ0) is 16.3. The standard InChI is InChI=1S/C20H25NO2/c1-2-15-23-19-13-11-18(12-14-19)16-21-20(22)10-6-9-17-7-4-3-5-8-17/h3-5,7-8,11-14H,2,6,9-10,15-16H2,1H3,(H,21,22). The predicted molar refractivity (Wildman–Crippen MR) is 93.5 cm³/mol. The van der Waals surface area contributed by atoms with Gasteiger partial charge in [0.15, 0.2) is 0 Å². The normalized spacial score (nSPS) is 10.3. The average molecular weight is 311 g/mol. The SMILES string of the molecule is CCCOc1ccc(CNC(=O)CCCc2ccccc2)cc1. The Bertz CT molecular complexity index is 578. The van der Waals surface area contributed by atoms with E-state index >= 15 is 0 Å². The van der Waals surface area contributed by atoms with Gasteiger partial charge in [-0.1, -0.05) is 49.4 Å². The van der Waals surface area contributed by atoms with E-state index in [-0.39, 0.29) is 5.91 Å². The molecule has 0 radical (unpaired) electrons. The lowest BCUT2D eigenvalue weighted by Crippen LogP contribution is -2.22. The molecule has 0 bridgehead atoms. The number of amides is 1. The first-order chi connectivity index (χ1) is 11.3. The fourth-order valence-corrected chi connectivity index (χ4v) is 2.31. The van der Waals surface area contributed by atoms with Crippen LogP contribution in [0.3, 0.4) is 0 Å². The predicted octanol–water partition coefficient (Wildman–Crippen LogP) is 4.11. The molecular formula is C20H25NO2. The molecule has 0 spiro atoms. The summed E-state index contributed by atoms with van der Waals surface area (Å²) in [5, 5.41) is 2.97. The molecule has 0 atom stereocenters. The molecule has 0 saturated carbocycles. The van der Waals surface area contributed by atoms with Gasteiger partial charge in [-0.15, -0.1) is 0 Å². The van der Waals surface area contributed by atoms with Gasteiger partial charge in [-0.05, 0) is 42.5 Å². The van der Waals surface area contributed by atoms with E-state index in [0.29, 0.717) is 13.0 Å². The number of hydrogen-bond donors (Lipinski definition) is 1. The Balaban J connectivity index is 1.65. The third-order valence-electron chi connectivity index (χ3n) is 3.60. The molecule has 0 aromatic heterocycles. The quantitative estimate of drug-likeness (QED) is 0.756. The fourth-order valence-electron chi connectivity index (χ4n) is 2.31. The number of carbonyl (C=O) groups excluding carboxylic acids is 1. The smallest absolute Gasteiger partial charge is 0.220 e. The monoisotopic (exact) mass is 311 g/mol. The van der Waals surface area contributed by atoms with Gasteiger partial charge >= 0.3 is 0 Å². The van der Waals surface area contributed by atoms with E-state index in [9.17, 15) is 4.79 Å². The second-order valence-corrected chi connectivity index (χ2v) is 5.61. The Morgan fingerprint density at radius 1 is 1.00 bits per heavy atom. The number of rotatable bonds is 9. The van der Waals surface area contributed by atoms with Crippen molar-refractivity contribution in [3.05, 3.63) is 65.7 Å². The van der Waals surface area contributed by atoms with Gasteiger partial charge in [-0.2, -0.15) is 0 Å². The van der Waals surface area contributed by atoms with Crippen LogP contribution in [0.5, 0.6) is 5.75 Å². The minimum atomic E-state index is 0.104. The molecule has 0 heterocycles. The molecule has 1 N–H and O–H groups in total. The summed E-state index contributed by atoms with van der Waals surface area (Å²) in [6.07, 6.45) is 3.38. The number of ether oxygens (including phenoxy) is 1. The van der Waals surface area contributed by atoms with E-state index in [0.717, 1.165) is 37.2 Å². The van der Waals surface area contributed by atoms with Crippen LogP contribution in [0.2, 0.25) is 0 Å². The first kappa shape index (κ1) is 17.1. The molecular weight excluding hydrogens is 286 g/mol. The van der Waals surface area contributed by atoms with Gasteiger partial charge in [0.25, 0.3) is 0 Å². The maximum atomic E-state index is 11.9. The highest BCUT2D eigenvalue weighted by molar-refractivity contribution is 5.75. The lowest BCUT2D eigenvalue weighted by atomic mass is 10.1. The summed E-state index contributed by atoms with van der Waals surface area (Å²) >= 11 is 0. The number of carbonyl (C=O) groups is 1. The van der Waals surface area contributed by atoms with E-state index in [1.54, 1.807) is 0 Å². The minimum absolute atomic E-state index is 0.104. The summed E-state index contributed by atoms with van der Waals surface area (Å²) in [6.45, 7) is 3.39. The zero-order valence-corrected chi connectivity index (χ0v) is 13.8. The van der Waals surface area contributed by atoms with Crippen LogP contribution in [0.4, 0.5) is 0 Å². The van der Waals surface area contributed by atoms with Crippen molar-refractivity contribution in [2.24, 2.45) is 0 Å². The second kappa shape index (κ2) is 9.67. The highest BCUT2D eigenvalue weighted by Crippen LogP contribution is 2.12. The van der Waals surface area contributed by atoms with Gasteiger partial charge in [-0.3, -0.25) is 4.79 Å². The molecule has 2 aromatic carbocycles. The van der Waals surface area contributed by atoms with E-state index in [4.69, 9.17) is 4.74 Å². The van der Waals surface area contributed by atoms with Crippen LogP contribution < -0.4 is 10.1 Å². The Morgan fingerprint density at radius 2 is 1.74 bits per heavy atom. The van der Waals surface area contributed by atoms with Crippen molar-refractivity contribution in [1.82, 2.24) is 5.32 Å². The van der Waals surface area contributed by atoms with Crippen LogP contribution in [0.1, 0.15) is 37.3 Å². The van der Waals surface area contributed by atoms with Crippen LogP contribution in [-0.4, -0.2) is 12.5 Å². The lowest BCUT2D eigenvalue weighted by Gasteiger charge is -2.08. The Hall–Kier alpha value is -2.29. The highest BCUT2D eigenvalue weighted by Gasteiger charge is 2.02. The number of aryl methyl sites for hydroxylation is 1. The molecule has 0 saturated heterocycles. The van der Waals surface area contributed by atoms with Crippen LogP contribution in [-0.2, 0) is 17.8 Å². The molecule has 0 aliphatic rings. The maximum absolute atomic E-state index is 11.9. The zero-order valence-electron chi connectivity index (χ0n) is 13.8. The van der Waals surface area contributed by atoms with E-state index in [1.807, 2.05) is 42.5 Å². The van der Waals surface area contributed by atoms with Crippen LogP contribution in [0.25, 0.3) is 0 Å². The number of hydrogen-bond acceptors (Lipinski definition) is 2. The highest BCUT2D eigenvalue weighted by atomic mass is 16.5. The number of nitrogens with one attached hydrogen (secondary N) is 1. The molecule has 2 rings (SSSR count). The van der Waals surface area contributed by atoms with Crippen LogP contribution in [0.15, 0.2) is 54.6 Å². The minimum Gasteiger partial charge on any atom is -0.494 e. The molecule has 0 aliphatic carbocycles. The van der Waals surface area contributed by atoms with Gasteiger partial charge in [-0.25, -0.2) is 0 Å². The van der Waals surface area contributed by atoms with Crippen LogP contribution >= 0.6 is 0 Å². The number of benzene rings is 2. The lowest BCUT2D eigenvalue weighted by molar-refractivity contribution is -0.121. The van der Waals surface area contributed by atoms with Crippen molar-refractivity contribution >= 4 is 5.91 Å². The molecule has 0 unspecified atom stereocenters. The first-order valence-electron chi connectivity index (χ1n) is 8.30. The fraction of sp³-hybridized carbons (Fsp3) is 0.350. The van der Waals surface area contributed by atoms with Crippen molar-refractivity contribution in [3.63, 3.8) is 0 Å². The van der Waals surface area contributed by atoms with Crippen molar-refractivity contribution in [2.75, 3.05) is 6.61 Å². The molecule has 122 valence electrons. The third-order valence-corrected chi connectivity index (χ3v) is 3.60.